The Bertz CT molecular complexity index is 121. The lowest BCUT2D eigenvalue weighted by atomic mass is 10.1. The summed E-state index contributed by atoms with van der Waals surface area (Å²) in [5.74, 6) is 2.58. The second-order valence-corrected chi connectivity index (χ2v) is 5.43. The van der Waals surface area contributed by atoms with Crippen molar-refractivity contribution < 1.29 is 0 Å². The summed E-state index contributed by atoms with van der Waals surface area (Å²) in [5, 5.41) is 3.53. The first-order chi connectivity index (χ1) is 5.77. The molecule has 72 valence electrons. The van der Waals surface area contributed by atoms with Crippen LogP contribution in [-0.2, 0) is 0 Å². The maximum absolute atomic E-state index is 3.53. The second-order valence-electron chi connectivity index (χ2n) is 4.04. The number of nitrogens with one attached hydrogen (secondary N) is 1. The fourth-order valence-electron chi connectivity index (χ4n) is 1.22. The monoisotopic (exact) mass is 187 g/mol. The molecule has 1 nitrogen and oxygen atoms in total. The quantitative estimate of drug-likeness (QED) is 0.615. The number of hydrogen-bond acceptors (Lipinski definition) is 2. The molecule has 2 heteroatoms. The number of thioether (sulfide) groups is 1. The van der Waals surface area contributed by atoms with Gasteiger partial charge in [0.2, 0.25) is 0 Å². The Morgan fingerprint density at radius 1 is 1.42 bits per heavy atom. The van der Waals surface area contributed by atoms with E-state index in [4.69, 9.17) is 0 Å². The SMILES string of the molecule is CCSCCCNCC1(C)CC1. The first-order valence-electron chi connectivity index (χ1n) is 5.05. The average Bonchev–Trinajstić information content (AvgIpc) is 2.77. The first kappa shape index (κ1) is 10.4. The van der Waals surface area contributed by atoms with Crippen LogP contribution in [0.15, 0.2) is 0 Å². The van der Waals surface area contributed by atoms with Crippen molar-refractivity contribution >= 4 is 11.8 Å². The van der Waals surface area contributed by atoms with Crippen molar-refractivity contribution in [1.82, 2.24) is 5.32 Å². The van der Waals surface area contributed by atoms with Crippen molar-refractivity contribution in [1.29, 1.82) is 0 Å². The first-order valence-corrected chi connectivity index (χ1v) is 6.21. The number of hydrogen-bond donors (Lipinski definition) is 1. The Hall–Kier alpha value is 0.310. The largest absolute Gasteiger partial charge is 0.316 e. The second kappa shape index (κ2) is 5.13. The van der Waals surface area contributed by atoms with Crippen LogP contribution in [0, 0.1) is 5.41 Å². The van der Waals surface area contributed by atoms with Crippen LogP contribution in [0.2, 0.25) is 0 Å². The van der Waals surface area contributed by atoms with Crippen LogP contribution in [0.4, 0.5) is 0 Å². The van der Waals surface area contributed by atoms with Crippen molar-refractivity contribution in [2.45, 2.75) is 33.1 Å². The Balaban J connectivity index is 1.77. The van der Waals surface area contributed by atoms with E-state index >= 15 is 0 Å². The molecule has 1 aliphatic rings. The van der Waals surface area contributed by atoms with Gasteiger partial charge in [-0.15, -0.1) is 0 Å². The van der Waals surface area contributed by atoms with E-state index in [1.807, 2.05) is 11.8 Å². The standard InChI is InChI=1S/C10H21NS/c1-3-12-8-4-7-11-9-10(2)5-6-10/h11H,3-9H2,1-2H3. The van der Waals surface area contributed by atoms with Gasteiger partial charge in [-0.25, -0.2) is 0 Å². The maximum Gasteiger partial charge on any atom is 0.000517 e. The Morgan fingerprint density at radius 3 is 2.75 bits per heavy atom. The van der Waals surface area contributed by atoms with Crippen molar-refractivity contribution in [3.05, 3.63) is 0 Å². The molecule has 1 fully saturated rings. The predicted molar refractivity (Wildman–Crippen MR) is 57.8 cm³/mol. The van der Waals surface area contributed by atoms with Crippen LogP contribution in [0.3, 0.4) is 0 Å². The Kier molecular flexibility index (Phi) is 4.44. The third kappa shape index (κ3) is 4.36. The zero-order chi connectivity index (χ0) is 8.86. The van der Waals surface area contributed by atoms with Gasteiger partial charge in [0.05, 0.1) is 0 Å². The molecule has 0 aromatic carbocycles. The molecule has 0 amide bonds. The van der Waals surface area contributed by atoms with Gasteiger partial charge in [0.25, 0.3) is 0 Å². The molecule has 1 N–H and O–H groups in total. The molecule has 0 aliphatic heterocycles. The average molecular weight is 187 g/mol. The van der Waals surface area contributed by atoms with Gasteiger partial charge >= 0.3 is 0 Å². The molecule has 12 heavy (non-hydrogen) atoms. The summed E-state index contributed by atoms with van der Waals surface area (Å²) in [7, 11) is 0. The topological polar surface area (TPSA) is 12.0 Å². The van der Waals surface area contributed by atoms with Crippen LogP contribution in [0.5, 0.6) is 0 Å². The molecular weight excluding hydrogens is 166 g/mol. The van der Waals surface area contributed by atoms with Crippen molar-refractivity contribution in [3.8, 4) is 0 Å². The molecule has 1 rings (SSSR count). The van der Waals surface area contributed by atoms with Gasteiger partial charge in [0.15, 0.2) is 0 Å². The predicted octanol–water partition coefficient (Wildman–Crippen LogP) is 2.52. The minimum absolute atomic E-state index is 0.678. The lowest BCUT2D eigenvalue weighted by molar-refractivity contribution is 0.500. The third-order valence-corrected chi connectivity index (χ3v) is 3.49. The fraction of sp³-hybridized carbons (Fsp3) is 1.00. The van der Waals surface area contributed by atoms with E-state index in [2.05, 4.69) is 19.2 Å². The minimum atomic E-state index is 0.678. The summed E-state index contributed by atoms with van der Waals surface area (Å²) in [5.41, 5.74) is 0.678. The van der Waals surface area contributed by atoms with E-state index in [-0.39, 0.29) is 0 Å². The Morgan fingerprint density at radius 2 is 2.17 bits per heavy atom. The molecule has 0 bridgehead atoms. The fourth-order valence-corrected chi connectivity index (χ4v) is 1.86. The van der Waals surface area contributed by atoms with Gasteiger partial charge in [0.1, 0.15) is 0 Å². The van der Waals surface area contributed by atoms with Gasteiger partial charge in [-0.3, -0.25) is 0 Å². The summed E-state index contributed by atoms with van der Waals surface area (Å²) in [6.07, 6.45) is 4.20. The zero-order valence-corrected chi connectivity index (χ0v) is 9.17. The smallest absolute Gasteiger partial charge is 0.000517 e. The molecule has 0 aromatic rings. The molecule has 0 spiro atoms. The van der Waals surface area contributed by atoms with Crippen molar-refractivity contribution in [2.24, 2.45) is 5.41 Å². The highest BCUT2D eigenvalue weighted by molar-refractivity contribution is 7.99. The van der Waals surface area contributed by atoms with Gasteiger partial charge in [-0.05, 0) is 42.7 Å². The Labute approximate surface area is 80.7 Å². The number of rotatable bonds is 7. The van der Waals surface area contributed by atoms with E-state index < -0.39 is 0 Å². The highest BCUT2D eigenvalue weighted by atomic mass is 32.2. The van der Waals surface area contributed by atoms with Crippen molar-refractivity contribution in [3.63, 3.8) is 0 Å². The lowest BCUT2D eigenvalue weighted by Gasteiger charge is -2.09. The van der Waals surface area contributed by atoms with Crippen LogP contribution >= 0.6 is 11.8 Å². The zero-order valence-electron chi connectivity index (χ0n) is 8.36. The van der Waals surface area contributed by atoms with Crippen LogP contribution in [-0.4, -0.2) is 24.6 Å². The van der Waals surface area contributed by atoms with Crippen LogP contribution in [0.25, 0.3) is 0 Å². The van der Waals surface area contributed by atoms with E-state index in [9.17, 15) is 0 Å². The molecule has 0 saturated heterocycles. The maximum atomic E-state index is 3.53. The van der Waals surface area contributed by atoms with Crippen LogP contribution < -0.4 is 5.32 Å². The summed E-state index contributed by atoms with van der Waals surface area (Å²) < 4.78 is 0. The van der Waals surface area contributed by atoms with Crippen LogP contribution in [0.1, 0.15) is 33.1 Å². The lowest BCUT2D eigenvalue weighted by Crippen LogP contribution is -2.23. The van der Waals surface area contributed by atoms with Gasteiger partial charge in [0, 0.05) is 6.54 Å². The van der Waals surface area contributed by atoms with Gasteiger partial charge < -0.3 is 5.32 Å². The summed E-state index contributed by atoms with van der Waals surface area (Å²) in [6, 6.07) is 0. The highest BCUT2D eigenvalue weighted by Crippen LogP contribution is 2.43. The summed E-state index contributed by atoms with van der Waals surface area (Å²) >= 11 is 2.04. The highest BCUT2D eigenvalue weighted by Gasteiger charge is 2.36. The normalized spacial score (nSPS) is 19.5. The summed E-state index contributed by atoms with van der Waals surface area (Å²) in [6.45, 7) is 7.05. The van der Waals surface area contributed by atoms with Gasteiger partial charge in [-0.2, -0.15) is 11.8 Å². The molecular formula is C10H21NS. The van der Waals surface area contributed by atoms with E-state index in [0.717, 1.165) is 0 Å². The molecule has 0 atom stereocenters. The minimum Gasteiger partial charge on any atom is -0.316 e. The molecule has 1 saturated carbocycles. The van der Waals surface area contributed by atoms with Crippen molar-refractivity contribution in [2.75, 3.05) is 24.6 Å². The van der Waals surface area contributed by atoms with E-state index in [0.29, 0.717) is 5.41 Å². The molecule has 0 radical (unpaired) electrons. The molecule has 1 aliphatic carbocycles. The van der Waals surface area contributed by atoms with E-state index in [1.165, 1.54) is 43.9 Å². The van der Waals surface area contributed by atoms with Gasteiger partial charge in [-0.1, -0.05) is 13.8 Å². The third-order valence-electron chi connectivity index (χ3n) is 2.50. The summed E-state index contributed by atoms with van der Waals surface area (Å²) in [4.78, 5) is 0. The van der Waals surface area contributed by atoms with E-state index in [1.54, 1.807) is 0 Å². The molecule has 0 heterocycles. The molecule has 0 unspecified atom stereocenters. The molecule has 0 aromatic heterocycles.